The Morgan fingerprint density at radius 1 is 1.39 bits per heavy atom. The van der Waals surface area contributed by atoms with Crippen LogP contribution in [-0.2, 0) is 4.74 Å². The molecule has 7 heteroatoms. The average molecular weight is 310 g/mol. The average Bonchev–Trinajstić information content (AvgIpc) is 2.92. The molecule has 116 valence electrons. The van der Waals surface area contributed by atoms with Gasteiger partial charge in [0.1, 0.15) is 28.8 Å². The monoisotopic (exact) mass is 310 g/mol. The van der Waals surface area contributed by atoms with Crippen LogP contribution >= 0.6 is 0 Å². The number of benzene rings is 1. The quantitative estimate of drug-likeness (QED) is 0.725. The molecule has 0 fully saturated rings. The molecule has 1 aliphatic rings. The van der Waals surface area contributed by atoms with Gasteiger partial charge in [0.2, 0.25) is 0 Å². The molecule has 0 saturated heterocycles. The van der Waals surface area contributed by atoms with Gasteiger partial charge in [-0.25, -0.2) is 9.78 Å². The maximum Gasteiger partial charge on any atom is 0.343 e. The number of nitrogen functional groups attached to an aromatic ring is 1. The molecule has 1 atom stereocenters. The standard InChI is InChI=1S/C16H14N4O3/c17-8-10-11-12(14(18)20-15(10)19-6-7-21)16(22)23-13(11)9-4-2-1-3-5-9/h1-5,13,21H,6-7H2,(H3,18,19,20). The normalized spacial score (nSPS) is 15.7. The smallest absolute Gasteiger partial charge is 0.343 e. The van der Waals surface area contributed by atoms with E-state index in [1.807, 2.05) is 30.3 Å². The van der Waals surface area contributed by atoms with Crippen molar-refractivity contribution in [3.8, 4) is 6.07 Å². The van der Waals surface area contributed by atoms with Crippen LogP contribution in [0.2, 0.25) is 0 Å². The number of nitrogens with zero attached hydrogens (tertiary/aromatic N) is 2. The largest absolute Gasteiger partial charge is 0.449 e. The van der Waals surface area contributed by atoms with Gasteiger partial charge in [-0.3, -0.25) is 0 Å². The fourth-order valence-electron chi connectivity index (χ4n) is 2.60. The summed E-state index contributed by atoms with van der Waals surface area (Å²) in [6.45, 7) is 0.0891. The molecule has 1 aliphatic heterocycles. The van der Waals surface area contributed by atoms with Crippen LogP contribution < -0.4 is 11.1 Å². The van der Waals surface area contributed by atoms with Crippen molar-refractivity contribution >= 4 is 17.6 Å². The van der Waals surface area contributed by atoms with Crippen LogP contribution in [0, 0.1) is 11.3 Å². The van der Waals surface area contributed by atoms with Crippen molar-refractivity contribution in [3.05, 3.63) is 52.6 Å². The highest BCUT2D eigenvalue weighted by molar-refractivity contribution is 6.00. The number of anilines is 2. The molecule has 0 bridgehead atoms. The molecule has 2 heterocycles. The van der Waals surface area contributed by atoms with Gasteiger partial charge in [-0.1, -0.05) is 30.3 Å². The fraction of sp³-hybridized carbons (Fsp3) is 0.188. The molecular formula is C16H14N4O3. The Hall–Kier alpha value is -3.11. The van der Waals surface area contributed by atoms with E-state index in [0.29, 0.717) is 5.56 Å². The lowest BCUT2D eigenvalue weighted by atomic mass is 9.95. The summed E-state index contributed by atoms with van der Waals surface area (Å²) in [7, 11) is 0. The lowest BCUT2D eigenvalue weighted by molar-refractivity contribution is 0.0456. The number of esters is 1. The van der Waals surface area contributed by atoms with E-state index in [-0.39, 0.29) is 35.9 Å². The van der Waals surface area contributed by atoms with E-state index < -0.39 is 12.1 Å². The molecular weight excluding hydrogens is 296 g/mol. The predicted molar refractivity (Wildman–Crippen MR) is 82.6 cm³/mol. The van der Waals surface area contributed by atoms with Crippen LogP contribution in [0.4, 0.5) is 11.6 Å². The fourth-order valence-corrected chi connectivity index (χ4v) is 2.60. The number of aromatic nitrogens is 1. The molecule has 0 amide bonds. The van der Waals surface area contributed by atoms with Crippen molar-refractivity contribution in [3.63, 3.8) is 0 Å². The molecule has 0 saturated carbocycles. The summed E-state index contributed by atoms with van der Waals surface area (Å²) in [4.78, 5) is 16.2. The SMILES string of the molecule is N#Cc1c(NCCO)nc(N)c2c1C(c1ccccc1)OC2=O. The van der Waals surface area contributed by atoms with Crippen LogP contribution in [0.1, 0.15) is 33.2 Å². The maximum absolute atomic E-state index is 12.2. The summed E-state index contributed by atoms with van der Waals surface area (Å²) in [5.74, 6) is -0.357. The number of nitrogens with two attached hydrogens (primary N) is 1. The zero-order chi connectivity index (χ0) is 16.4. The van der Waals surface area contributed by atoms with Gasteiger partial charge in [-0.15, -0.1) is 0 Å². The molecule has 2 aromatic rings. The minimum absolute atomic E-state index is 0.00266. The Labute approximate surface area is 132 Å². The van der Waals surface area contributed by atoms with Crippen LogP contribution in [0.25, 0.3) is 0 Å². The Bertz CT molecular complexity index is 799. The van der Waals surface area contributed by atoms with Crippen LogP contribution in [0.3, 0.4) is 0 Å². The van der Waals surface area contributed by atoms with Crippen LogP contribution in [-0.4, -0.2) is 29.2 Å². The second kappa shape index (κ2) is 5.94. The van der Waals surface area contributed by atoms with Crippen molar-refractivity contribution in [1.82, 2.24) is 4.98 Å². The number of hydrogen-bond acceptors (Lipinski definition) is 7. The van der Waals surface area contributed by atoms with Gasteiger partial charge in [0.15, 0.2) is 6.10 Å². The number of rotatable bonds is 4. The van der Waals surface area contributed by atoms with Gasteiger partial charge in [0.05, 0.1) is 6.61 Å². The first-order valence-corrected chi connectivity index (χ1v) is 7.01. The van der Waals surface area contributed by atoms with Gasteiger partial charge in [-0.2, -0.15) is 5.26 Å². The van der Waals surface area contributed by atoms with Gasteiger partial charge >= 0.3 is 5.97 Å². The van der Waals surface area contributed by atoms with Gasteiger partial charge < -0.3 is 20.9 Å². The first-order chi connectivity index (χ1) is 11.2. The molecule has 23 heavy (non-hydrogen) atoms. The number of aliphatic hydroxyl groups excluding tert-OH is 1. The molecule has 4 N–H and O–H groups in total. The van der Waals surface area contributed by atoms with Crippen molar-refractivity contribution in [2.24, 2.45) is 0 Å². The lowest BCUT2D eigenvalue weighted by Crippen LogP contribution is -2.13. The third-order valence-electron chi connectivity index (χ3n) is 3.57. The topological polar surface area (TPSA) is 121 Å². The first kappa shape index (κ1) is 14.8. The molecule has 3 rings (SSSR count). The second-order valence-electron chi connectivity index (χ2n) is 4.97. The van der Waals surface area contributed by atoms with Gasteiger partial charge in [-0.05, 0) is 5.56 Å². The zero-order valence-corrected chi connectivity index (χ0v) is 12.1. The van der Waals surface area contributed by atoms with Crippen LogP contribution in [0.5, 0.6) is 0 Å². The number of carbonyl (C=O) groups excluding carboxylic acids is 1. The Balaban J connectivity index is 2.20. The van der Waals surface area contributed by atoms with Crippen molar-refractivity contribution in [2.45, 2.75) is 6.10 Å². The summed E-state index contributed by atoms with van der Waals surface area (Å²) in [6, 6.07) is 11.2. The third kappa shape index (κ3) is 2.45. The number of fused-ring (bicyclic) bond motifs is 1. The number of ether oxygens (including phenoxy) is 1. The first-order valence-electron chi connectivity index (χ1n) is 7.01. The van der Waals surface area contributed by atoms with Crippen molar-refractivity contribution in [1.29, 1.82) is 5.26 Å². The van der Waals surface area contributed by atoms with E-state index in [1.54, 1.807) is 0 Å². The van der Waals surface area contributed by atoms with Gasteiger partial charge in [0.25, 0.3) is 0 Å². The van der Waals surface area contributed by atoms with E-state index in [1.165, 1.54) is 0 Å². The highest BCUT2D eigenvalue weighted by Crippen LogP contribution is 2.41. The third-order valence-corrected chi connectivity index (χ3v) is 3.57. The summed E-state index contributed by atoms with van der Waals surface area (Å²) in [5, 5.41) is 21.3. The predicted octanol–water partition coefficient (Wildman–Crippen LogP) is 1.20. The molecule has 1 aromatic carbocycles. The van der Waals surface area contributed by atoms with E-state index >= 15 is 0 Å². The van der Waals surface area contributed by atoms with Crippen LogP contribution in [0.15, 0.2) is 30.3 Å². The molecule has 7 nitrogen and oxygen atoms in total. The maximum atomic E-state index is 12.2. The number of nitrogens with one attached hydrogen (secondary N) is 1. The summed E-state index contributed by atoms with van der Waals surface area (Å²) in [6.07, 6.45) is -0.701. The molecule has 0 radical (unpaired) electrons. The molecule has 1 aromatic heterocycles. The Morgan fingerprint density at radius 3 is 2.78 bits per heavy atom. The van der Waals surface area contributed by atoms with E-state index in [9.17, 15) is 10.1 Å². The van der Waals surface area contributed by atoms with Crippen molar-refractivity contribution < 1.29 is 14.6 Å². The molecule has 0 aliphatic carbocycles. The zero-order valence-electron chi connectivity index (χ0n) is 12.1. The molecule has 1 unspecified atom stereocenters. The minimum atomic E-state index is -0.701. The Kier molecular flexibility index (Phi) is 3.83. The highest BCUT2D eigenvalue weighted by Gasteiger charge is 2.38. The van der Waals surface area contributed by atoms with E-state index in [2.05, 4.69) is 16.4 Å². The summed E-state index contributed by atoms with van der Waals surface area (Å²) < 4.78 is 5.41. The molecule has 0 spiro atoms. The lowest BCUT2D eigenvalue weighted by Gasteiger charge is -2.14. The van der Waals surface area contributed by atoms with E-state index in [0.717, 1.165) is 5.56 Å². The number of aliphatic hydroxyl groups is 1. The number of nitriles is 1. The Morgan fingerprint density at radius 2 is 2.13 bits per heavy atom. The van der Waals surface area contributed by atoms with Crippen molar-refractivity contribution in [2.75, 3.05) is 24.2 Å². The number of carbonyl (C=O) groups is 1. The summed E-state index contributed by atoms with van der Waals surface area (Å²) >= 11 is 0. The number of pyridine rings is 1. The highest BCUT2D eigenvalue weighted by atomic mass is 16.5. The van der Waals surface area contributed by atoms with E-state index in [4.69, 9.17) is 15.6 Å². The summed E-state index contributed by atoms with van der Waals surface area (Å²) in [5.41, 5.74) is 7.36. The second-order valence-corrected chi connectivity index (χ2v) is 4.97. The number of cyclic esters (lactones) is 1. The van der Waals surface area contributed by atoms with Gasteiger partial charge in [0, 0.05) is 12.1 Å². The number of hydrogen-bond donors (Lipinski definition) is 3. The minimum Gasteiger partial charge on any atom is -0.449 e.